The van der Waals surface area contributed by atoms with Gasteiger partial charge >= 0.3 is 6.03 Å². The molecule has 0 spiro atoms. The second-order valence-corrected chi connectivity index (χ2v) is 8.71. The average molecular weight is 404 g/mol. The van der Waals surface area contributed by atoms with Crippen molar-refractivity contribution in [3.05, 3.63) is 54.4 Å². The molecule has 1 aromatic carbocycles. The Kier molecular flexibility index (Phi) is 6.28. The summed E-state index contributed by atoms with van der Waals surface area (Å²) in [7, 11) is -3.60. The summed E-state index contributed by atoms with van der Waals surface area (Å²) < 4.78 is 32.7. The summed E-state index contributed by atoms with van der Waals surface area (Å²) in [5, 5.41) is 5.41. The standard InChI is InChI=1S/C19H24N4O4S/c1-14-12-23(13-15(2)27-14)28(25,26)18-7-5-17(6-8-18)22-19(24)21-11-16-4-3-9-20-10-16/h3-10,14-15H,11-13H2,1-2H3,(H2,21,22,24)/t14-,15+. The number of pyridine rings is 1. The van der Waals surface area contributed by atoms with E-state index in [0.29, 0.717) is 25.3 Å². The fraction of sp³-hybridized carbons (Fsp3) is 0.368. The number of rotatable bonds is 5. The Morgan fingerprint density at radius 3 is 2.46 bits per heavy atom. The zero-order valence-corrected chi connectivity index (χ0v) is 16.6. The van der Waals surface area contributed by atoms with Gasteiger partial charge in [-0.05, 0) is 49.7 Å². The number of benzene rings is 1. The van der Waals surface area contributed by atoms with Crippen molar-refractivity contribution in [2.24, 2.45) is 0 Å². The number of amides is 2. The fourth-order valence-electron chi connectivity index (χ4n) is 3.05. The second-order valence-electron chi connectivity index (χ2n) is 6.77. The Hall–Kier alpha value is -2.49. The van der Waals surface area contributed by atoms with Gasteiger partial charge in [0.05, 0.1) is 17.1 Å². The predicted octanol–water partition coefficient (Wildman–Crippen LogP) is 2.20. The molecule has 0 bridgehead atoms. The number of carbonyl (C=O) groups excluding carboxylic acids is 1. The van der Waals surface area contributed by atoms with Crippen LogP contribution in [0.2, 0.25) is 0 Å². The number of hydrogen-bond donors (Lipinski definition) is 2. The number of carbonyl (C=O) groups is 1. The van der Waals surface area contributed by atoms with E-state index < -0.39 is 10.0 Å². The summed E-state index contributed by atoms with van der Waals surface area (Å²) in [6.45, 7) is 4.71. The molecule has 0 aliphatic carbocycles. The second kappa shape index (κ2) is 8.68. The van der Waals surface area contributed by atoms with Crippen molar-refractivity contribution in [3.63, 3.8) is 0 Å². The monoisotopic (exact) mass is 404 g/mol. The lowest BCUT2D eigenvalue weighted by Gasteiger charge is -2.34. The van der Waals surface area contributed by atoms with Gasteiger partial charge < -0.3 is 15.4 Å². The van der Waals surface area contributed by atoms with Crippen LogP contribution in [0.15, 0.2) is 53.7 Å². The molecule has 3 rings (SSSR count). The van der Waals surface area contributed by atoms with E-state index in [1.807, 2.05) is 19.9 Å². The van der Waals surface area contributed by atoms with Crippen LogP contribution in [-0.2, 0) is 21.3 Å². The molecule has 0 radical (unpaired) electrons. The lowest BCUT2D eigenvalue weighted by Crippen LogP contribution is -2.48. The first-order chi connectivity index (χ1) is 13.3. The Morgan fingerprint density at radius 2 is 1.86 bits per heavy atom. The van der Waals surface area contributed by atoms with Crippen LogP contribution in [0.5, 0.6) is 0 Å². The summed E-state index contributed by atoms with van der Waals surface area (Å²) in [4.78, 5) is 16.2. The molecule has 28 heavy (non-hydrogen) atoms. The zero-order chi connectivity index (χ0) is 20.1. The lowest BCUT2D eigenvalue weighted by molar-refractivity contribution is -0.0440. The number of aromatic nitrogens is 1. The third kappa shape index (κ3) is 5.06. The normalized spacial score (nSPS) is 20.5. The first-order valence-electron chi connectivity index (χ1n) is 9.04. The molecule has 1 aliphatic heterocycles. The number of nitrogens with one attached hydrogen (secondary N) is 2. The van der Waals surface area contributed by atoms with Crippen LogP contribution >= 0.6 is 0 Å². The van der Waals surface area contributed by atoms with Crippen LogP contribution in [0.1, 0.15) is 19.4 Å². The van der Waals surface area contributed by atoms with Crippen molar-refractivity contribution in [2.75, 3.05) is 18.4 Å². The smallest absolute Gasteiger partial charge is 0.319 e. The van der Waals surface area contributed by atoms with E-state index in [1.54, 1.807) is 30.6 Å². The minimum Gasteiger partial charge on any atom is -0.373 e. The molecule has 2 N–H and O–H groups in total. The number of nitrogens with zero attached hydrogens (tertiary/aromatic N) is 2. The largest absolute Gasteiger partial charge is 0.373 e. The first kappa shape index (κ1) is 20.2. The molecule has 2 heterocycles. The van der Waals surface area contributed by atoms with E-state index in [9.17, 15) is 13.2 Å². The number of ether oxygens (including phenoxy) is 1. The lowest BCUT2D eigenvalue weighted by atomic mass is 10.3. The minimum atomic E-state index is -3.60. The van der Waals surface area contributed by atoms with E-state index in [1.165, 1.54) is 16.4 Å². The molecule has 1 aromatic heterocycles. The van der Waals surface area contributed by atoms with Gasteiger partial charge in [0, 0.05) is 37.7 Å². The molecule has 2 aromatic rings. The van der Waals surface area contributed by atoms with Crippen molar-refractivity contribution < 1.29 is 17.9 Å². The van der Waals surface area contributed by atoms with Crippen molar-refractivity contribution >= 4 is 21.7 Å². The number of hydrogen-bond acceptors (Lipinski definition) is 5. The van der Waals surface area contributed by atoms with Crippen LogP contribution < -0.4 is 10.6 Å². The molecule has 1 aliphatic rings. The topological polar surface area (TPSA) is 101 Å². The van der Waals surface area contributed by atoms with E-state index in [0.717, 1.165) is 5.56 Å². The molecule has 150 valence electrons. The maximum absolute atomic E-state index is 12.8. The Labute approximate surface area is 165 Å². The zero-order valence-electron chi connectivity index (χ0n) is 15.8. The number of morpholine rings is 1. The summed E-state index contributed by atoms with van der Waals surface area (Å²) in [6.07, 6.45) is 3.04. The van der Waals surface area contributed by atoms with Crippen LogP contribution in [0, 0.1) is 0 Å². The molecule has 1 fully saturated rings. The molecule has 8 nitrogen and oxygen atoms in total. The summed E-state index contributed by atoms with van der Waals surface area (Å²) in [6, 6.07) is 9.42. The highest BCUT2D eigenvalue weighted by Gasteiger charge is 2.32. The quantitative estimate of drug-likeness (QED) is 0.796. The summed E-state index contributed by atoms with van der Waals surface area (Å²) in [5.74, 6) is 0. The molecule has 0 unspecified atom stereocenters. The third-order valence-electron chi connectivity index (χ3n) is 4.31. The molecule has 2 atom stereocenters. The molecule has 9 heteroatoms. The van der Waals surface area contributed by atoms with Gasteiger partial charge in [0.2, 0.25) is 10.0 Å². The Balaban J connectivity index is 1.60. The van der Waals surface area contributed by atoms with E-state index >= 15 is 0 Å². The van der Waals surface area contributed by atoms with Crippen LogP contribution in [-0.4, -0.2) is 49.0 Å². The highest BCUT2D eigenvalue weighted by molar-refractivity contribution is 7.89. The van der Waals surface area contributed by atoms with Crippen LogP contribution in [0.3, 0.4) is 0 Å². The van der Waals surface area contributed by atoms with Crippen molar-refractivity contribution in [3.8, 4) is 0 Å². The molecular formula is C19H24N4O4S. The number of sulfonamides is 1. The van der Waals surface area contributed by atoms with Gasteiger partial charge in [0.1, 0.15) is 0 Å². The van der Waals surface area contributed by atoms with E-state index in [2.05, 4.69) is 15.6 Å². The summed E-state index contributed by atoms with van der Waals surface area (Å²) >= 11 is 0. The Morgan fingerprint density at radius 1 is 1.18 bits per heavy atom. The first-order valence-corrected chi connectivity index (χ1v) is 10.5. The van der Waals surface area contributed by atoms with E-state index in [4.69, 9.17) is 4.74 Å². The average Bonchev–Trinajstić information content (AvgIpc) is 2.67. The van der Waals surface area contributed by atoms with Gasteiger partial charge in [-0.3, -0.25) is 4.98 Å². The summed E-state index contributed by atoms with van der Waals surface area (Å²) in [5.41, 5.74) is 1.39. The third-order valence-corrected chi connectivity index (χ3v) is 6.16. The molecule has 1 saturated heterocycles. The van der Waals surface area contributed by atoms with Gasteiger partial charge in [0.15, 0.2) is 0 Å². The highest BCUT2D eigenvalue weighted by atomic mass is 32.2. The van der Waals surface area contributed by atoms with Gasteiger partial charge in [-0.15, -0.1) is 0 Å². The fourth-order valence-corrected chi connectivity index (χ4v) is 4.64. The SMILES string of the molecule is C[C@@H]1CN(S(=O)(=O)c2ccc(NC(=O)NCc3cccnc3)cc2)C[C@H](C)O1. The molecular weight excluding hydrogens is 380 g/mol. The van der Waals surface area contributed by atoms with Crippen LogP contribution in [0.4, 0.5) is 10.5 Å². The number of urea groups is 1. The minimum absolute atomic E-state index is 0.150. The van der Waals surface area contributed by atoms with Crippen LogP contribution in [0.25, 0.3) is 0 Å². The van der Waals surface area contributed by atoms with Crippen molar-refractivity contribution in [2.45, 2.75) is 37.5 Å². The Bertz CT molecular complexity index is 893. The van der Waals surface area contributed by atoms with Crippen molar-refractivity contribution in [1.29, 1.82) is 0 Å². The molecule has 2 amide bonds. The van der Waals surface area contributed by atoms with E-state index in [-0.39, 0.29) is 23.1 Å². The highest BCUT2D eigenvalue weighted by Crippen LogP contribution is 2.22. The molecule has 0 saturated carbocycles. The predicted molar refractivity (Wildman–Crippen MR) is 105 cm³/mol. The van der Waals surface area contributed by atoms with Gasteiger partial charge in [-0.2, -0.15) is 4.31 Å². The van der Waals surface area contributed by atoms with Gasteiger partial charge in [0.25, 0.3) is 0 Å². The number of anilines is 1. The van der Waals surface area contributed by atoms with Gasteiger partial charge in [-0.25, -0.2) is 13.2 Å². The maximum atomic E-state index is 12.8. The van der Waals surface area contributed by atoms with Crippen molar-refractivity contribution in [1.82, 2.24) is 14.6 Å². The maximum Gasteiger partial charge on any atom is 0.319 e. The van der Waals surface area contributed by atoms with Gasteiger partial charge in [-0.1, -0.05) is 6.07 Å².